The van der Waals surface area contributed by atoms with E-state index in [4.69, 9.17) is 5.26 Å². The van der Waals surface area contributed by atoms with Gasteiger partial charge in [-0.25, -0.2) is 13.6 Å². The van der Waals surface area contributed by atoms with Gasteiger partial charge in [0.15, 0.2) is 0 Å². The third kappa shape index (κ3) is 2.83. The molecule has 1 N–H and O–H groups in total. The van der Waals surface area contributed by atoms with Crippen molar-refractivity contribution < 1.29 is 18.4 Å². The number of rotatable bonds is 3. The SMILES string of the molecule is CC1(c2ccc(F)cc2F)NC(=O)N(Cc2ccc(C#N)cc2)C1=O. The first-order chi connectivity index (χ1) is 11.8. The van der Waals surface area contributed by atoms with Crippen LogP contribution in [0.25, 0.3) is 0 Å². The summed E-state index contributed by atoms with van der Waals surface area (Å²) in [7, 11) is 0. The molecule has 1 unspecified atom stereocenters. The molecule has 0 spiro atoms. The molecular weight excluding hydrogens is 328 g/mol. The van der Waals surface area contributed by atoms with Crippen LogP contribution in [0.15, 0.2) is 42.5 Å². The van der Waals surface area contributed by atoms with E-state index in [0.29, 0.717) is 17.2 Å². The molecule has 0 aromatic heterocycles. The molecule has 0 radical (unpaired) electrons. The number of imide groups is 1. The maximum absolute atomic E-state index is 14.1. The van der Waals surface area contributed by atoms with E-state index >= 15 is 0 Å². The molecule has 2 aromatic rings. The standard InChI is InChI=1S/C18H13F2N3O2/c1-18(14-7-6-13(19)8-15(14)20)16(24)23(17(25)22-18)10-12-4-2-11(9-21)3-5-12/h2-8H,10H2,1H3,(H,22,25). The lowest BCUT2D eigenvalue weighted by molar-refractivity contribution is -0.131. The Hall–Kier alpha value is -3.27. The Balaban J connectivity index is 1.90. The lowest BCUT2D eigenvalue weighted by Crippen LogP contribution is -2.41. The van der Waals surface area contributed by atoms with Crippen molar-refractivity contribution in [2.24, 2.45) is 0 Å². The van der Waals surface area contributed by atoms with E-state index in [2.05, 4.69) is 5.32 Å². The fraction of sp³-hybridized carbons (Fsp3) is 0.167. The van der Waals surface area contributed by atoms with Gasteiger partial charge in [-0.3, -0.25) is 9.69 Å². The normalized spacial score (nSPS) is 19.7. The van der Waals surface area contributed by atoms with Gasteiger partial charge >= 0.3 is 6.03 Å². The van der Waals surface area contributed by atoms with E-state index in [1.165, 1.54) is 6.92 Å². The van der Waals surface area contributed by atoms with Crippen LogP contribution in [0, 0.1) is 23.0 Å². The van der Waals surface area contributed by atoms with Gasteiger partial charge in [0.1, 0.15) is 17.2 Å². The average Bonchev–Trinajstić information content (AvgIpc) is 2.79. The Morgan fingerprint density at radius 1 is 1.16 bits per heavy atom. The molecule has 1 aliphatic rings. The molecule has 3 rings (SSSR count). The number of halogens is 2. The lowest BCUT2D eigenvalue weighted by atomic mass is 9.91. The van der Waals surface area contributed by atoms with E-state index in [1.54, 1.807) is 24.3 Å². The second-order valence-corrected chi connectivity index (χ2v) is 5.88. The Kier molecular flexibility index (Phi) is 3.97. The highest BCUT2D eigenvalue weighted by Gasteiger charge is 2.50. The first-order valence-corrected chi connectivity index (χ1v) is 7.44. The third-order valence-electron chi connectivity index (χ3n) is 4.17. The van der Waals surface area contributed by atoms with Crippen LogP contribution in [0.3, 0.4) is 0 Å². The highest BCUT2D eigenvalue weighted by atomic mass is 19.1. The quantitative estimate of drug-likeness (QED) is 0.873. The zero-order chi connectivity index (χ0) is 18.2. The van der Waals surface area contributed by atoms with E-state index < -0.39 is 29.1 Å². The number of urea groups is 1. The van der Waals surface area contributed by atoms with Crippen LogP contribution in [0.1, 0.15) is 23.6 Å². The van der Waals surface area contributed by atoms with Gasteiger partial charge in [-0.1, -0.05) is 18.2 Å². The van der Waals surface area contributed by atoms with Crippen LogP contribution in [0.2, 0.25) is 0 Å². The predicted octanol–water partition coefficient (Wildman–Crippen LogP) is 2.80. The fourth-order valence-electron chi connectivity index (χ4n) is 2.79. The van der Waals surface area contributed by atoms with Gasteiger partial charge in [-0.15, -0.1) is 0 Å². The first-order valence-electron chi connectivity index (χ1n) is 7.44. The summed E-state index contributed by atoms with van der Waals surface area (Å²) in [6.45, 7) is 1.36. The van der Waals surface area contributed by atoms with Gasteiger partial charge < -0.3 is 5.32 Å². The summed E-state index contributed by atoms with van der Waals surface area (Å²) >= 11 is 0. The number of carbonyl (C=O) groups excluding carboxylic acids is 2. The predicted molar refractivity (Wildman–Crippen MR) is 83.9 cm³/mol. The number of nitriles is 1. The molecule has 1 atom stereocenters. The summed E-state index contributed by atoms with van der Waals surface area (Å²) < 4.78 is 27.2. The fourth-order valence-corrected chi connectivity index (χ4v) is 2.79. The summed E-state index contributed by atoms with van der Waals surface area (Å²) in [5, 5.41) is 11.3. The zero-order valence-corrected chi connectivity index (χ0v) is 13.2. The number of hydrogen-bond donors (Lipinski definition) is 1. The van der Waals surface area contributed by atoms with Crippen molar-refractivity contribution in [2.45, 2.75) is 19.0 Å². The molecule has 5 nitrogen and oxygen atoms in total. The highest BCUT2D eigenvalue weighted by Crippen LogP contribution is 2.31. The molecule has 2 aromatic carbocycles. The molecule has 3 amide bonds. The van der Waals surface area contributed by atoms with Crippen LogP contribution in [-0.2, 0) is 16.9 Å². The van der Waals surface area contributed by atoms with Gasteiger partial charge in [0, 0.05) is 11.6 Å². The van der Waals surface area contributed by atoms with Crippen molar-refractivity contribution in [3.8, 4) is 6.07 Å². The largest absolute Gasteiger partial charge is 0.325 e. The Labute approximate surface area is 142 Å². The van der Waals surface area contributed by atoms with E-state index in [1.807, 2.05) is 6.07 Å². The highest BCUT2D eigenvalue weighted by molar-refractivity contribution is 6.07. The van der Waals surface area contributed by atoms with Gasteiger partial charge in [0.2, 0.25) is 0 Å². The molecule has 7 heteroatoms. The monoisotopic (exact) mass is 341 g/mol. The summed E-state index contributed by atoms with van der Waals surface area (Å²) in [5.41, 5.74) is -0.610. The van der Waals surface area contributed by atoms with Gasteiger partial charge in [0.25, 0.3) is 5.91 Å². The Morgan fingerprint density at radius 3 is 2.44 bits per heavy atom. The first kappa shape index (κ1) is 16.6. The molecule has 0 aliphatic carbocycles. The second-order valence-electron chi connectivity index (χ2n) is 5.88. The minimum atomic E-state index is -1.61. The molecule has 1 fully saturated rings. The minimum absolute atomic E-state index is 0.0191. The molecule has 1 aliphatic heterocycles. The number of nitrogens with zero attached hydrogens (tertiary/aromatic N) is 2. The molecule has 126 valence electrons. The summed E-state index contributed by atoms with van der Waals surface area (Å²) in [4.78, 5) is 25.9. The lowest BCUT2D eigenvalue weighted by Gasteiger charge is -2.22. The van der Waals surface area contributed by atoms with Crippen LogP contribution in [-0.4, -0.2) is 16.8 Å². The van der Waals surface area contributed by atoms with Crippen LogP contribution < -0.4 is 5.32 Å². The average molecular weight is 341 g/mol. The molecule has 0 saturated carbocycles. The van der Waals surface area contributed by atoms with Crippen molar-refractivity contribution >= 4 is 11.9 Å². The smallest absolute Gasteiger partial charge is 0.319 e. The zero-order valence-electron chi connectivity index (χ0n) is 13.2. The van der Waals surface area contributed by atoms with Crippen molar-refractivity contribution in [3.63, 3.8) is 0 Å². The molecule has 25 heavy (non-hydrogen) atoms. The number of amides is 3. The summed E-state index contributed by atoms with van der Waals surface area (Å²) in [6, 6.07) is 10.6. The maximum Gasteiger partial charge on any atom is 0.325 e. The van der Waals surface area contributed by atoms with Crippen molar-refractivity contribution in [2.75, 3.05) is 0 Å². The van der Waals surface area contributed by atoms with Gasteiger partial charge in [0.05, 0.1) is 18.2 Å². The van der Waals surface area contributed by atoms with E-state index in [-0.39, 0.29) is 12.1 Å². The molecule has 1 saturated heterocycles. The van der Waals surface area contributed by atoms with Crippen molar-refractivity contribution in [3.05, 3.63) is 70.8 Å². The van der Waals surface area contributed by atoms with Crippen LogP contribution in [0.4, 0.5) is 13.6 Å². The Bertz CT molecular complexity index is 906. The minimum Gasteiger partial charge on any atom is -0.319 e. The topological polar surface area (TPSA) is 73.2 Å². The van der Waals surface area contributed by atoms with E-state index in [9.17, 15) is 18.4 Å². The van der Waals surface area contributed by atoms with Crippen molar-refractivity contribution in [1.29, 1.82) is 5.26 Å². The van der Waals surface area contributed by atoms with Gasteiger partial charge in [-0.05, 0) is 30.7 Å². The number of hydrogen-bond acceptors (Lipinski definition) is 3. The van der Waals surface area contributed by atoms with E-state index in [0.717, 1.165) is 17.0 Å². The van der Waals surface area contributed by atoms with Gasteiger partial charge in [-0.2, -0.15) is 5.26 Å². The maximum atomic E-state index is 14.1. The van der Waals surface area contributed by atoms with Crippen molar-refractivity contribution in [1.82, 2.24) is 10.2 Å². The molecule has 1 heterocycles. The molecular formula is C18H13F2N3O2. The number of nitrogens with one attached hydrogen (secondary N) is 1. The second kappa shape index (κ2) is 5.98. The van der Waals surface area contributed by atoms with Crippen LogP contribution >= 0.6 is 0 Å². The summed E-state index contributed by atoms with van der Waals surface area (Å²) in [5.74, 6) is -2.31. The Morgan fingerprint density at radius 2 is 1.84 bits per heavy atom. The molecule has 0 bridgehead atoms. The van der Waals surface area contributed by atoms with Crippen LogP contribution in [0.5, 0.6) is 0 Å². The summed E-state index contributed by atoms with van der Waals surface area (Å²) in [6.07, 6.45) is 0. The number of carbonyl (C=O) groups is 2. The third-order valence-corrected chi connectivity index (χ3v) is 4.17. The number of benzene rings is 2.